The number of benzene rings is 1. The molecule has 1 aromatic carbocycles. The van der Waals surface area contributed by atoms with E-state index in [1.54, 1.807) is 30.5 Å². The third kappa shape index (κ3) is 8.14. The maximum absolute atomic E-state index is 11.6. The number of nitrogens with one attached hydrogen (secondary N) is 1. The third-order valence-corrected chi connectivity index (χ3v) is 3.49. The van der Waals surface area contributed by atoms with Crippen LogP contribution < -0.4 is 5.43 Å². The van der Waals surface area contributed by atoms with E-state index in [2.05, 4.69) is 22.2 Å². The van der Waals surface area contributed by atoms with Crippen molar-refractivity contribution in [3.63, 3.8) is 0 Å². The van der Waals surface area contributed by atoms with Gasteiger partial charge in [0.15, 0.2) is 0 Å². The lowest BCUT2D eigenvalue weighted by Gasteiger charge is -2.01. The van der Waals surface area contributed by atoms with Crippen LogP contribution in [0.25, 0.3) is 0 Å². The number of esters is 1. The Kier molecular flexibility index (Phi) is 9.36. The number of carbonyl (C=O) groups is 2. The zero-order valence-corrected chi connectivity index (χ0v) is 14.0. The number of amides is 1. The molecule has 0 aliphatic carbocycles. The highest BCUT2D eigenvalue weighted by atomic mass is 16.5. The van der Waals surface area contributed by atoms with E-state index in [0.29, 0.717) is 12.0 Å². The molecule has 0 aliphatic rings. The zero-order valence-electron chi connectivity index (χ0n) is 14.0. The standard InChI is InChI=1S/C18H26N2O3/c1-3-4-5-6-7-8-9-17(21)20-19-14-15-10-12-16(13-11-15)18(22)23-2/h10-14H,3-9H2,1-2H3,(H,20,21)/b19-14+. The average molecular weight is 318 g/mol. The Bertz CT molecular complexity index is 510. The summed E-state index contributed by atoms with van der Waals surface area (Å²) in [5, 5.41) is 3.92. The summed E-state index contributed by atoms with van der Waals surface area (Å²) in [6.07, 6.45) is 8.99. The summed E-state index contributed by atoms with van der Waals surface area (Å²) in [6.45, 7) is 2.19. The molecule has 1 N–H and O–H groups in total. The fraction of sp³-hybridized carbons (Fsp3) is 0.500. The summed E-state index contributed by atoms with van der Waals surface area (Å²) < 4.78 is 4.63. The molecule has 0 heterocycles. The van der Waals surface area contributed by atoms with Crippen molar-refractivity contribution in [2.45, 2.75) is 51.9 Å². The predicted octanol–water partition coefficient (Wildman–Crippen LogP) is 3.67. The van der Waals surface area contributed by atoms with E-state index in [1.165, 1.54) is 32.8 Å². The molecule has 0 aliphatic heterocycles. The van der Waals surface area contributed by atoms with Crippen molar-refractivity contribution in [1.82, 2.24) is 5.43 Å². The number of hydrogen-bond donors (Lipinski definition) is 1. The largest absolute Gasteiger partial charge is 0.465 e. The van der Waals surface area contributed by atoms with E-state index >= 15 is 0 Å². The Morgan fingerprint density at radius 2 is 1.74 bits per heavy atom. The number of hydrogen-bond acceptors (Lipinski definition) is 4. The van der Waals surface area contributed by atoms with Gasteiger partial charge < -0.3 is 4.74 Å². The Hall–Kier alpha value is -2.17. The molecule has 0 spiro atoms. The molecule has 23 heavy (non-hydrogen) atoms. The monoisotopic (exact) mass is 318 g/mol. The number of ether oxygens (including phenoxy) is 1. The first-order valence-corrected chi connectivity index (χ1v) is 8.17. The summed E-state index contributed by atoms with van der Waals surface area (Å²) in [5.41, 5.74) is 3.81. The zero-order chi connectivity index (χ0) is 16.9. The van der Waals surface area contributed by atoms with Crippen LogP contribution in [0.15, 0.2) is 29.4 Å². The fourth-order valence-corrected chi connectivity index (χ4v) is 2.12. The number of hydrazone groups is 1. The quantitative estimate of drug-likeness (QED) is 0.310. The van der Waals surface area contributed by atoms with Crippen molar-refractivity contribution in [2.75, 3.05) is 7.11 Å². The van der Waals surface area contributed by atoms with Crippen molar-refractivity contribution in [3.05, 3.63) is 35.4 Å². The minimum atomic E-state index is -0.374. The number of nitrogens with zero attached hydrogens (tertiary/aromatic N) is 1. The van der Waals surface area contributed by atoms with Crippen molar-refractivity contribution >= 4 is 18.1 Å². The van der Waals surface area contributed by atoms with Crippen LogP contribution in [-0.4, -0.2) is 25.2 Å². The van der Waals surface area contributed by atoms with E-state index in [4.69, 9.17) is 0 Å². The van der Waals surface area contributed by atoms with Gasteiger partial charge in [-0.1, -0.05) is 51.2 Å². The molecule has 126 valence electrons. The summed E-state index contributed by atoms with van der Waals surface area (Å²) >= 11 is 0. The van der Waals surface area contributed by atoms with Gasteiger partial charge >= 0.3 is 5.97 Å². The van der Waals surface area contributed by atoms with Crippen LogP contribution in [0.1, 0.15) is 67.8 Å². The third-order valence-electron chi connectivity index (χ3n) is 3.49. The van der Waals surface area contributed by atoms with Gasteiger partial charge in [0.1, 0.15) is 0 Å². The topological polar surface area (TPSA) is 67.8 Å². The van der Waals surface area contributed by atoms with E-state index in [9.17, 15) is 9.59 Å². The van der Waals surface area contributed by atoms with Crippen LogP contribution >= 0.6 is 0 Å². The van der Waals surface area contributed by atoms with Gasteiger partial charge in [0.25, 0.3) is 0 Å². The molecule has 0 saturated heterocycles. The van der Waals surface area contributed by atoms with Gasteiger partial charge in [0, 0.05) is 6.42 Å². The Morgan fingerprint density at radius 3 is 2.39 bits per heavy atom. The van der Waals surface area contributed by atoms with E-state index in [0.717, 1.165) is 18.4 Å². The molecule has 0 bridgehead atoms. The fourth-order valence-electron chi connectivity index (χ4n) is 2.12. The summed E-state index contributed by atoms with van der Waals surface area (Å²) in [7, 11) is 1.34. The van der Waals surface area contributed by atoms with Crippen LogP contribution in [0.2, 0.25) is 0 Å². The Morgan fingerprint density at radius 1 is 1.09 bits per heavy atom. The van der Waals surface area contributed by atoms with Crippen molar-refractivity contribution in [1.29, 1.82) is 0 Å². The second-order valence-electron chi connectivity index (χ2n) is 5.42. The molecular weight excluding hydrogens is 292 g/mol. The maximum atomic E-state index is 11.6. The first kappa shape index (κ1) is 18.9. The lowest BCUT2D eigenvalue weighted by molar-refractivity contribution is -0.121. The van der Waals surface area contributed by atoms with Gasteiger partial charge in [-0.15, -0.1) is 0 Å². The molecule has 0 atom stereocenters. The van der Waals surface area contributed by atoms with Crippen molar-refractivity contribution in [3.8, 4) is 0 Å². The molecule has 0 fully saturated rings. The van der Waals surface area contributed by atoms with Crippen LogP contribution in [0.5, 0.6) is 0 Å². The molecule has 1 amide bonds. The van der Waals surface area contributed by atoms with Gasteiger partial charge in [-0.25, -0.2) is 10.2 Å². The highest BCUT2D eigenvalue weighted by Gasteiger charge is 2.03. The van der Waals surface area contributed by atoms with Crippen molar-refractivity contribution in [2.24, 2.45) is 5.10 Å². The number of rotatable bonds is 10. The maximum Gasteiger partial charge on any atom is 0.337 e. The van der Waals surface area contributed by atoms with Gasteiger partial charge in [-0.3, -0.25) is 4.79 Å². The first-order valence-electron chi connectivity index (χ1n) is 8.17. The molecular formula is C18H26N2O3. The average Bonchev–Trinajstić information content (AvgIpc) is 2.58. The van der Waals surface area contributed by atoms with Crippen LogP contribution in [0, 0.1) is 0 Å². The molecule has 0 unspecified atom stereocenters. The normalized spacial score (nSPS) is 10.7. The lowest BCUT2D eigenvalue weighted by Crippen LogP contribution is -2.16. The number of unbranched alkanes of at least 4 members (excludes halogenated alkanes) is 5. The molecule has 5 heteroatoms. The minimum Gasteiger partial charge on any atom is -0.465 e. The highest BCUT2D eigenvalue weighted by Crippen LogP contribution is 2.07. The van der Waals surface area contributed by atoms with E-state index in [-0.39, 0.29) is 11.9 Å². The molecule has 0 saturated carbocycles. The summed E-state index contributed by atoms with van der Waals surface area (Å²) in [4.78, 5) is 22.9. The minimum absolute atomic E-state index is 0.0667. The second-order valence-corrected chi connectivity index (χ2v) is 5.42. The second kappa shape index (κ2) is 11.4. The van der Waals surface area contributed by atoms with Gasteiger partial charge in [0.2, 0.25) is 5.91 Å². The molecule has 0 radical (unpaired) electrons. The highest BCUT2D eigenvalue weighted by molar-refractivity contribution is 5.90. The molecule has 5 nitrogen and oxygen atoms in total. The molecule has 1 aromatic rings. The van der Waals surface area contributed by atoms with Crippen LogP contribution in [-0.2, 0) is 9.53 Å². The Labute approximate surface area is 138 Å². The van der Waals surface area contributed by atoms with E-state index < -0.39 is 0 Å². The van der Waals surface area contributed by atoms with Crippen LogP contribution in [0.4, 0.5) is 0 Å². The predicted molar refractivity (Wildman–Crippen MR) is 91.5 cm³/mol. The van der Waals surface area contributed by atoms with Crippen molar-refractivity contribution < 1.29 is 14.3 Å². The SMILES string of the molecule is CCCCCCCCC(=O)N/N=C/c1ccc(C(=O)OC)cc1. The lowest BCUT2D eigenvalue weighted by atomic mass is 10.1. The van der Waals surface area contributed by atoms with Gasteiger partial charge in [-0.2, -0.15) is 5.10 Å². The van der Waals surface area contributed by atoms with Crippen LogP contribution in [0.3, 0.4) is 0 Å². The Balaban J connectivity index is 2.24. The van der Waals surface area contributed by atoms with Gasteiger partial charge in [0.05, 0.1) is 18.9 Å². The first-order chi connectivity index (χ1) is 11.2. The number of methoxy groups -OCH3 is 1. The molecule has 0 aromatic heterocycles. The number of carbonyl (C=O) groups excluding carboxylic acids is 2. The molecule has 1 rings (SSSR count). The van der Waals surface area contributed by atoms with E-state index in [1.807, 2.05) is 0 Å². The summed E-state index contributed by atoms with van der Waals surface area (Å²) in [6, 6.07) is 6.81. The van der Waals surface area contributed by atoms with Gasteiger partial charge in [-0.05, 0) is 24.1 Å². The smallest absolute Gasteiger partial charge is 0.337 e. The summed E-state index contributed by atoms with van der Waals surface area (Å²) in [5.74, 6) is -0.441.